The van der Waals surface area contributed by atoms with Gasteiger partial charge in [0.2, 0.25) is 0 Å². The second-order valence-electron chi connectivity index (χ2n) is 11.1. The fraction of sp³-hybridized carbons (Fsp3) is 0.667. The largest absolute Gasteiger partial charge is 0.466 e. The third kappa shape index (κ3) is 3.83. The summed E-state index contributed by atoms with van der Waals surface area (Å²) >= 11 is 0. The highest BCUT2D eigenvalue weighted by molar-refractivity contribution is 6.76. The summed E-state index contributed by atoms with van der Waals surface area (Å²) in [7, 11) is -1.26. The molecule has 2 unspecified atom stereocenters. The van der Waals surface area contributed by atoms with E-state index in [1.54, 1.807) is 0 Å². The fourth-order valence-electron chi connectivity index (χ4n) is 6.69. The quantitative estimate of drug-likeness (QED) is 0.341. The molecule has 2 atom stereocenters. The van der Waals surface area contributed by atoms with Crippen LogP contribution in [0.4, 0.5) is 4.39 Å². The Morgan fingerprint density at radius 1 is 1.14 bits per heavy atom. The zero-order chi connectivity index (χ0) is 20.9. The van der Waals surface area contributed by atoms with Crippen LogP contribution in [0, 0.1) is 29.0 Å². The molecule has 0 aromatic heterocycles. The SMILES string of the molecule is C[Si](C)(C)CCOC(=O)CC1(c2ccc(F)cc2)C2CC3CC1CC(C=O)(C3)C2. The Hall–Kier alpha value is -1.49. The van der Waals surface area contributed by atoms with E-state index in [1.807, 2.05) is 12.1 Å². The third-order valence-electron chi connectivity index (χ3n) is 7.88. The summed E-state index contributed by atoms with van der Waals surface area (Å²) in [5, 5.41) is 0. The van der Waals surface area contributed by atoms with Gasteiger partial charge in [-0.2, -0.15) is 0 Å². The molecule has 1 aromatic rings. The maximum absolute atomic E-state index is 13.7. The lowest BCUT2D eigenvalue weighted by Gasteiger charge is -2.64. The van der Waals surface area contributed by atoms with Crippen LogP contribution in [0.25, 0.3) is 0 Å². The van der Waals surface area contributed by atoms with Crippen LogP contribution in [0.3, 0.4) is 0 Å². The lowest BCUT2D eigenvalue weighted by Crippen LogP contribution is -2.60. The zero-order valence-corrected chi connectivity index (χ0v) is 18.9. The topological polar surface area (TPSA) is 43.4 Å². The minimum Gasteiger partial charge on any atom is -0.466 e. The van der Waals surface area contributed by atoms with E-state index in [0.717, 1.165) is 43.7 Å². The first kappa shape index (κ1) is 20.8. The fourth-order valence-corrected chi connectivity index (χ4v) is 7.40. The number of carbonyl (C=O) groups is 2. The van der Waals surface area contributed by atoms with Gasteiger partial charge in [0.15, 0.2) is 0 Å². The Kier molecular flexibility index (Phi) is 5.25. The number of aldehydes is 1. The van der Waals surface area contributed by atoms with Crippen molar-refractivity contribution >= 4 is 20.3 Å². The Labute approximate surface area is 174 Å². The van der Waals surface area contributed by atoms with Crippen molar-refractivity contribution in [2.24, 2.45) is 23.2 Å². The molecule has 29 heavy (non-hydrogen) atoms. The van der Waals surface area contributed by atoms with E-state index in [-0.39, 0.29) is 34.5 Å². The van der Waals surface area contributed by atoms with E-state index >= 15 is 0 Å². The third-order valence-corrected chi connectivity index (χ3v) is 9.58. The van der Waals surface area contributed by atoms with Crippen LogP contribution in [-0.2, 0) is 19.7 Å². The van der Waals surface area contributed by atoms with E-state index in [9.17, 15) is 14.0 Å². The number of halogens is 1. The summed E-state index contributed by atoms with van der Waals surface area (Å²) in [6.45, 7) is 7.32. The van der Waals surface area contributed by atoms with Crippen molar-refractivity contribution in [3.63, 3.8) is 0 Å². The normalized spacial score (nSPS) is 35.5. The van der Waals surface area contributed by atoms with Gasteiger partial charge in [0.1, 0.15) is 12.1 Å². The van der Waals surface area contributed by atoms with Crippen LogP contribution in [0.5, 0.6) is 0 Å². The predicted molar refractivity (Wildman–Crippen MR) is 114 cm³/mol. The molecule has 0 aliphatic heterocycles. The maximum Gasteiger partial charge on any atom is 0.306 e. The van der Waals surface area contributed by atoms with Crippen LogP contribution in [0.15, 0.2) is 24.3 Å². The van der Waals surface area contributed by atoms with Crippen molar-refractivity contribution in [2.75, 3.05) is 6.61 Å². The number of ether oxygens (including phenoxy) is 1. The van der Waals surface area contributed by atoms with Crippen molar-refractivity contribution in [3.05, 3.63) is 35.6 Å². The molecule has 4 saturated carbocycles. The molecule has 158 valence electrons. The van der Waals surface area contributed by atoms with Crippen molar-refractivity contribution < 1.29 is 18.7 Å². The molecular formula is C24H33FO3Si. The molecule has 5 rings (SSSR count). The van der Waals surface area contributed by atoms with Gasteiger partial charge >= 0.3 is 5.97 Å². The predicted octanol–water partition coefficient (Wildman–Crippen LogP) is 5.36. The average Bonchev–Trinajstić information content (AvgIpc) is 2.64. The van der Waals surface area contributed by atoms with E-state index in [4.69, 9.17) is 4.74 Å². The Bertz CT molecular complexity index is 766. The maximum atomic E-state index is 13.7. The van der Waals surface area contributed by atoms with Gasteiger partial charge in [-0.1, -0.05) is 31.8 Å². The molecule has 1 aromatic carbocycles. The van der Waals surface area contributed by atoms with Crippen molar-refractivity contribution in [1.82, 2.24) is 0 Å². The van der Waals surface area contributed by atoms with Gasteiger partial charge in [0, 0.05) is 18.9 Å². The van der Waals surface area contributed by atoms with Gasteiger partial charge < -0.3 is 9.53 Å². The van der Waals surface area contributed by atoms with Crippen LogP contribution in [0.1, 0.15) is 44.1 Å². The molecule has 5 heteroatoms. The highest BCUT2D eigenvalue weighted by atomic mass is 28.3. The number of hydrogen-bond donors (Lipinski definition) is 0. The lowest BCUT2D eigenvalue weighted by molar-refractivity contribution is -0.158. The van der Waals surface area contributed by atoms with Crippen molar-refractivity contribution in [2.45, 2.75) is 69.6 Å². The highest BCUT2D eigenvalue weighted by Crippen LogP contribution is 2.67. The molecule has 4 fully saturated rings. The number of carbonyl (C=O) groups excluding carboxylic acids is 2. The van der Waals surface area contributed by atoms with Gasteiger partial charge in [-0.15, -0.1) is 0 Å². The van der Waals surface area contributed by atoms with Crippen molar-refractivity contribution in [3.8, 4) is 0 Å². The molecular weight excluding hydrogens is 383 g/mol. The minimum atomic E-state index is -1.26. The summed E-state index contributed by atoms with van der Waals surface area (Å²) in [6, 6.07) is 7.70. The Morgan fingerprint density at radius 2 is 1.76 bits per heavy atom. The van der Waals surface area contributed by atoms with Crippen LogP contribution >= 0.6 is 0 Å². The monoisotopic (exact) mass is 416 g/mol. The van der Waals surface area contributed by atoms with Gasteiger partial charge in [0.05, 0.1) is 13.0 Å². The minimum absolute atomic E-state index is 0.139. The van der Waals surface area contributed by atoms with Gasteiger partial charge in [0.25, 0.3) is 0 Å². The molecule has 0 spiro atoms. The number of esters is 1. The summed E-state index contributed by atoms with van der Waals surface area (Å²) in [6.07, 6.45) is 6.37. The summed E-state index contributed by atoms with van der Waals surface area (Å²) < 4.78 is 19.4. The smallest absolute Gasteiger partial charge is 0.306 e. The van der Waals surface area contributed by atoms with Crippen LogP contribution < -0.4 is 0 Å². The summed E-state index contributed by atoms with van der Waals surface area (Å²) in [5.74, 6) is 0.757. The molecule has 4 bridgehead atoms. The van der Waals surface area contributed by atoms with E-state index in [1.165, 1.54) is 18.4 Å². The molecule has 3 nitrogen and oxygen atoms in total. The lowest BCUT2D eigenvalue weighted by atomic mass is 9.39. The van der Waals surface area contributed by atoms with Crippen LogP contribution in [-0.4, -0.2) is 26.9 Å². The number of benzene rings is 1. The summed E-state index contributed by atoms with van der Waals surface area (Å²) in [5.41, 5.74) is 0.519. The molecule has 0 heterocycles. The van der Waals surface area contributed by atoms with E-state index in [2.05, 4.69) is 19.6 Å². The first-order chi connectivity index (χ1) is 13.7. The highest BCUT2D eigenvalue weighted by Gasteiger charge is 2.63. The first-order valence-corrected chi connectivity index (χ1v) is 14.7. The summed E-state index contributed by atoms with van der Waals surface area (Å²) in [4.78, 5) is 24.9. The molecule has 0 radical (unpaired) electrons. The Balaban J connectivity index is 1.62. The molecule has 0 saturated heterocycles. The van der Waals surface area contributed by atoms with Gasteiger partial charge in [-0.3, -0.25) is 4.79 Å². The standard InChI is InChI=1S/C24H33FO3Si/c1-29(2,3)9-8-28-22(27)15-24(18-4-6-21(25)7-5-18)19-10-17-11-20(24)14-23(12-17,13-19)16-26/h4-7,16-17,19-20H,8-15H2,1-3H3. The average molecular weight is 417 g/mol. The van der Waals surface area contributed by atoms with Gasteiger partial charge in [-0.05, 0) is 73.6 Å². The second-order valence-corrected chi connectivity index (χ2v) is 16.7. The zero-order valence-electron chi connectivity index (χ0n) is 17.9. The molecule has 0 N–H and O–H groups in total. The Morgan fingerprint density at radius 3 is 2.31 bits per heavy atom. The van der Waals surface area contributed by atoms with Crippen molar-refractivity contribution in [1.29, 1.82) is 0 Å². The second kappa shape index (κ2) is 7.33. The molecule has 0 amide bonds. The van der Waals surface area contributed by atoms with E-state index < -0.39 is 8.07 Å². The molecule has 4 aliphatic carbocycles. The van der Waals surface area contributed by atoms with E-state index in [0.29, 0.717) is 18.9 Å². The van der Waals surface area contributed by atoms with Crippen LogP contribution in [0.2, 0.25) is 25.7 Å². The number of hydrogen-bond acceptors (Lipinski definition) is 3. The first-order valence-electron chi connectivity index (χ1n) is 11.0. The van der Waals surface area contributed by atoms with Gasteiger partial charge in [-0.25, -0.2) is 4.39 Å². The molecule has 4 aliphatic rings. The number of rotatable bonds is 7.